The Bertz CT molecular complexity index is 1410. The highest BCUT2D eigenvalue weighted by Crippen LogP contribution is 2.27. The largest absolute Gasteiger partial charge is 0.350 e. The number of aromatic nitrogens is 2. The van der Waals surface area contributed by atoms with Gasteiger partial charge >= 0.3 is 0 Å². The zero-order chi connectivity index (χ0) is 26.5. The molecule has 196 valence electrons. The number of carbonyl (C=O) groups excluding carboxylic acids is 2. The molecule has 1 aliphatic heterocycles. The van der Waals surface area contributed by atoms with Crippen molar-refractivity contribution in [1.82, 2.24) is 19.4 Å². The summed E-state index contributed by atoms with van der Waals surface area (Å²) in [7, 11) is 1.98. The van der Waals surface area contributed by atoms with Crippen molar-refractivity contribution in [3.05, 3.63) is 95.9 Å². The zero-order valence-electron chi connectivity index (χ0n) is 22.2. The minimum Gasteiger partial charge on any atom is -0.350 e. The van der Waals surface area contributed by atoms with E-state index in [0.717, 1.165) is 60.2 Å². The van der Waals surface area contributed by atoms with E-state index in [1.165, 1.54) is 0 Å². The molecule has 1 aliphatic rings. The van der Waals surface area contributed by atoms with E-state index in [1.807, 2.05) is 88.4 Å². The number of hydrogen-bond donors (Lipinski definition) is 0. The van der Waals surface area contributed by atoms with Crippen LogP contribution in [0.1, 0.15) is 41.3 Å². The highest BCUT2D eigenvalue weighted by molar-refractivity contribution is 6.07. The highest BCUT2D eigenvalue weighted by atomic mass is 16.2. The Morgan fingerprint density at radius 1 is 0.895 bits per heavy atom. The van der Waals surface area contributed by atoms with Gasteiger partial charge in [0.2, 0.25) is 5.91 Å². The standard InChI is InChI=1S/C31H35N5O2/c1-24(37)36-19-9-17-34(21-25-10-7-15-32-20-25)16-8-18-35(22-26-11-3-5-13-29(26)36)31(38)28-23-33(2)30-14-6-4-12-27(28)30/h3-7,10-15,20,23H,8-9,16-19,21-22H2,1-2H3. The smallest absolute Gasteiger partial charge is 0.256 e. The van der Waals surface area contributed by atoms with Gasteiger partial charge in [-0.3, -0.25) is 19.5 Å². The molecule has 3 heterocycles. The second-order valence-corrected chi connectivity index (χ2v) is 10.0. The summed E-state index contributed by atoms with van der Waals surface area (Å²) in [6.07, 6.45) is 7.36. The third-order valence-electron chi connectivity index (χ3n) is 7.33. The molecule has 0 radical (unpaired) electrons. The normalized spacial score (nSPS) is 15.5. The zero-order valence-corrected chi connectivity index (χ0v) is 22.2. The lowest BCUT2D eigenvalue weighted by atomic mass is 10.1. The van der Waals surface area contributed by atoms with Crippen LogP contribution in [0, 0.1) is 0 Å². The molecule has 7 nitrogen and oxygen atoms in total. The molecule has 0 bridgehead atoms. The van der Waals surface area contributed by atoms with Crippen molar-refractivity contribution in [3.8, 4) is 0 Å². The summed E-state index contributed by atoms with van der Waals surface area (Å²) in [6, 6.07) is 20.1. The van der Waals surface area contributed by atoms with Gasteiger partial charge in [-0.1, -0.05) is 42.5 Å². The first kappa shape index (κ1) is 25.7. The van der Waals surface area contributed by atoms with Gasteiger partial charge in [-0.15, -0.1) is 0 Å². The van der Waals surface area contributed by atoms with Crippen molar-refractivity contribution >= 4 is 28.4 Å². The minimum absolute atomic E-state index is 0.0141. The van der Waals surface area contributed by atoms with E-state index >= 15 is 0 Å². The molecular weight excluding hydrogens is 474 g/mol. The molecule has 0 atom stereocenters. The third kappa shape index (κ3) is 5.63. The maximum Gasteiger partial charge on any atom is 0.256 e. The first-order chi connectivity index (χ1) is 18.5. The number of rotatable bonds is 3. The number of nitrogens with zero attached hydrogens (tertiary/aromatic N) is 5. The van der Waals surface area contributed by atoms with Crippen LogP contribution in [-0.4, -0.2) is 57.3 Å². The summed E-state index contributed by atoms with van der Waals surface area (Å²) < 4.78 is 2.01. The highest BCUT2D eigenvalue weighted by Gasteiger charge is 2.24. The molecule has 0 aliphatic carbocycles. The molecule has 0 spiro atoms. The van der Waals surface area contributed by atoms with Crippen LogP contribution in [0.3, 0.4) is 0 Å². The summed E-state index contributed by atoms with van der Waals surface area (Å²) in [5.74, 6) is 0.0297. The Hall–Kier alpha value is -3.97. The van der Waals surface area contributed by atoms with Crippen molar-refractivity contribution in [2.45, 2.75) is 32.9 Å². The topological polar surface area (TPSA) is 61.7 Å². The molecule has 7 heteroatoms. The van der Waals surface area contributed by atoms with E-state index in [0.29, 0.717) is 25.2 Å². The van der Waals surface area contributed by atoms with E-state index in [2.05, 4.69) is 16.0 Å². The number of aryl methyl sites for hydroxylation is 1. The minimum atomic E-state index is 0.0141. The average Bonchev–Trinajstić information content (AvgIpc) is 3.26. The fourth-order valence-electron chi connectivity index (χ4n) is 5.45. The first-order valence-corrected chi connectivity index (χ1v) is 13.3. The lowest BCUT2D eigenvalue weighted by molar-refractivity contribution is -0.116. The van der Waals surface area contributed by atoms with E-state index in [9.17, 15) is 9.59 Å². The molecule has 2 amide bonds. The number of hydrogen-bond acceptors (Lipinski definition) is 4. The van der Waals surface area contributed by atoms with Crippen molar-refractivity contribution in [3.63, 3.8) is 0 Å². The van der Waals surface area contributed by atoms with Gasteiger partial charge in [0.15, 0.2) is 0 Å². The van der Waals surface area contributed by atoms with Gasteiger partial charge in [0.1, 0.15) is 0 Å². The van der Waals surface area contributed by atoms with Crippen LogP contribution in [0.2, 0.25) is 0 Å². The van der Waals surface area contributed by atoms with Gasteiger partial charge in [0, 0.05) is 88.4 Å². The molecule has 5 rings (SSSR count). The third-order valence-corrected chi connectivity index (χ3v) is 7.33. The Balaban J connectivity index is 1.48. The molecule has 2 aromatic heterocycles. The Labute approximate surface area is 224 Å². The summed E-state index contributed by atoms with van der Waals surface area (Å²) in [4.78, 5) is 37.3. The van der Waals surface area contributed by atoms with Gasteiger partial charge < -0.3 is 14.4 Å². The Morgan fingerprint density at radius 2 is 1.66 bits per heavy atom. The molecule has 0 saturated carbocycles. The van der Waals surface area contributed by atoms with E-state index in [4.69, 9.17) is 0 Å². The molecule has 2 aromatic carbocycles. The fraction of sp³-hybridized carbons (Fsp3) is 0.323. The average molecular weight is 510 g/mol. The van der Waals surface area contributed by atoms with Crippen LogP contribution in [0.5, 0.6) is 0 Å². The molecular formula is C31H35N5O2. The van der Waals surface area contributed by atoms with Crippen LogP contribution in [0.4, 0.5) is 5.69 Å². The molecule has 0 saturated heterocycles. The lowest BCUT2D eigenvalue weighted by Crippen LogP contribution is -2.38. The number of pyridine rings is 1. The molecule has 38 heavy (non-hydrogen) atoms. The Morgan fingerprint density at radius 3 is 2.45 bits per heavy atom. The predicted molar refractivity (Wildman–Crippen MR) is 151 cm³/mol. The van der Waals surface area contributed by atoms with Gasteiger partial charge in [-0.2, -0.15) is 0 Å². The molecule has 0 fully saturated rings. The van der Waals surface area contributed by atoms with Gasteiger partial charge in [0.25, 0.3) is 5.91 Å². The number of anilines is 1. The summed E-state index contributed by atoms with van der Waals surface area (Å²) in [6.45, 7) is 5.84. The van der Waals surface area contributed by atoms with Gasteiger partial charge in [-0.05, 0) is 42.2 Å². The van der Waals surface area contributed by atoms with E-state index in [-0.39, 0.29) is 11.8 Å². The van der Waals surface area contributed by atoms with Crippen molar-refractivity contribution in [2.75, 3.05) is 31.1 Å². The van der Waals surface area contributed by atoms with Crippen molar-refractivity contribution in [2.24, 2.45) is 7.05 Å². The monoisotopic (exact) mass is 509 g/mol. The lowest BCUT2D eigenvalue weighted by Gasteiger charge is -2.31. The summed E-state index contributed by atoms with van der Waals surface area (Å²) >= 11 is 0. The Kier molecular flexibility index (Phi) is 7.84. The number of para-hydroxylation sites is 2. The molecule has 0 N–H and O–H groups in total. The number of amides is 2. The SMILES string of the molecule is CC(=O)N1CCCN(Cc2cccnc2)CCCN(C(=O)c2cn(C)c3ccccc23)Cc2ccccc21. The fourth-order valence-corrected chi connectivity index (χ4v) is 5.45. The van der Waals surface area contributed by atoms with Crippen LogP contribution in [0.25, 0.3) is 10.9 Å². The molecule has 4 aromatic rings. The quantitative estimate of drug-likeness (QED) is 0.396. The molecule has 0 unspecified atom stereocenters. The van der Waals surface area contributed by atoms with E-state index < -0.39 is 0 Å². The van der Waals surface area contributed by atoms with Crippen molar-refractivity contribution < 1.29 is 9.59 Å². The predicted octanol–water partition coefficient (Wildman–Crippen LogP) is 4.86. The van der Waals surface area contributed by atoms with Gasteiger partial charge in [-0.25, -0.2) is 0 Å². The van der Waals surface area contributed by atoms with E-state index in [1.54, 1.807) is 13.1 Å². The van der Waals surface area contributed by atoms with Crippen LogP contribution in [0.15, 0.2) is 79.3 Å². The number of carbonyl (C=O) groups is 2. The maximum atomic E-state index is 14.1. The summed E-state index contributed by atoms with van der Waals surface area (Å²) in [5.41, 5.74) is 4.79. The summed E-state index contributed by atoms with van der Waals surface area (Å²) in [5, 5.41) is 0.961. The first-order valence-electron chi connectivity index (χ1n) is 13.3. The van der Waals surface area contributed by atoms with Gasteiger partial charge in [0.05, 0.1) is 5.56 Å². The van der Waals surface area contributed by atoms with Crippen molar-refractivity contribution in [1.29, 1.82) is 0 Å². The maximum absolute atomic E-state index is 14.1. The number of fused-ring (bicyclic) bond motifs is 2. The number of benzene rings is 2. The van der Waals surface area contributed by atoms with Crippen LogP contribution < -0.4 is 4.90 Å². The van der Waals surface area contributed by atoms with Crippen LogP contribution >= 0.6 is 0 Å². The second-order valence-electron chi connectivity index (χ2n) is 10.0. The van der Waals surface area contributed by atoms with Crippen LogP contribution in [-0.2, 0) is 24.9 Å². The second kappa shape index (κ2) is 11.6.